The Kier molecular flexibility index (Phi) is 2.78. The molecule has 0 spiro atoms. The summed E-state index contributed by atoms with van der Waals surface area (Å²) in [7, 11) is 0. The second-order valence-electron chi connectivity index (χ2n) is 4.57. The molecule has 3 rings (SSSR count). The van der Waals surface area contributed by atoms with Gasteiger partial charge in [-0.3, -0.25) is 5.10 Å². The van der Waals surface area contributed by atoms with Crippen LogP contribution in [0, 0.1) is 0 Å². The van der Waals surface area contributed by atoms with Crippen molar-refractivity contribution in [1.82, 2.24) is 15.2 Å². The zero-order chi connectivity index (χ0) is 10.8. The lowest BCUT2D eigenvalue weighted by molar-refractivity contribution is 0.105. The van der Waals surface area contributed by atoms with Crippen LogP contribution in [0.2, 0.25) is 0 Å². The Labute approximate surface area is 95.2 Å². The van der Waals surface area contributed by atoms with Gasteiger partial charge in [-0.1, -0.05) is 0 Å². The van der Waals surface area contributed by atoms with Gasteiger partial charge in [-0.2, -0.15) is 4.98 Å². The molecule has 2 aliphatic rings. The van der Waals surface area contributed by atoms with Gasteiger partial charge in [-0.15, -0.1) is 5.10 Å². The van der Waals surface area contributed by atoms with Crippen molar-refractivity contribution in [3.05, 3.63) is 5.82 Å². The summed E-state index contributed by atoms with van der Waals surface area (Å²) in [6.45, 7) is 3.02. The molecule has 0 saturated carbocycles. The average molecular weight is 222 g/mol. The van der Waals surface area contributed by atoms with Crippen LogP contribution in [-0.4, -0.2) is 34.9 Å². The van der Waals surface area contributed by atoms with Gasteiger partial charge < -0.3 is 9.64 Å². The SMILES string of the molecule is C1CCN(c2n[nH]c([C@H]3CCCO3)n2)CC1. The third-order valence-corrected chi connectivity index (χ3v) is 3.36. The molecule has 0 bridgehead atoms. The fourth-order valence-corrected chi connectivity index (χ4v) is 2.44. The van der Waals surface area contributed by atoms with Crippen molar-refractivity contribution >= 4 is 5.95 Å². The second-order valence-corrected chi connectivity index (χ2v) is 4.57. The number of hydrogen-bond donors (Lipinski definition) is 1. The minimum atomic E-state index is 0.144. The summed E-state index contributed by atoms with van der Waals surface area (Å²) < 4.78 is 5.59. The summed E-state index contributed by atoms with van der Waals surface area (Å²) in [5, 5.41) is 7.31. The lowest BCUT2D eigenvalue weighted by atomic mass is 10.1. The Hall–Kier alpha value is -1.10. The van der Waals surface area contributed by atoms with E-state index in [2.05, 4.69) is 20.1 Å². The number of ether oxygens (including phenoxy) is 1. The van der Waals surface area contributed by atoms with E-state index in [9.17, 15) is 0 Å². The summed E-state index contributed by atoms with van der Waals surface area (Å²) in [4.78, 5) is 6.81. The zero-order valence-electron chi connectivity index (χ0n) is 9.48. The van der Waals surface area contributed by atoms with Crippen LogP contribution < -0.4 is 4.90 Å². The molecule has 88 valence electrons. The maximum atomic E-state index is 5.59. The molecule has 16 heavy (non-hydrogen) atoms. The first-order valence-corrected chi connectivity index (χ1v) is 6.22. The first-order chi connectivity index (χ1) is 7.93. The standard InChI is InChI=1S/C11H18N4O/c1-2-6-15(7-3-1)11-12-10(13-14-11)9-5-4-8-16-9/h9H,1-8H2,(H,12,13,14)/t9-/m1/s1. The molecule has 5 nitrogen and oxygen atoms in total. The van der Waals surface area contributed by atoms with Gasteiger partial charge in [-0.05, 0) is 32.1 Å². The first-order valence-electron chi connectivity index (χ1n) is 6.22. The van der Waals surface area contributed by atoms with E-state index < -0.39 is 0 Å². The van der Waals surface area contributed by atoms with Gasteiger partial charge >= 0.3 is 0 Å². The highest BCUT2D eigenvalue weighted by Crippen LogP contribution is 2.27. The van der Waals surface area contributed by atoms with Crippen molar-refractivity contribution in [2.75, 3.05) is 24.6 Å². The number of nitrogens with one attached hydrogen (secondary N) is 1. The minimum absolute atomic E-state index is 0.144. The minimum Gasteiger partial charge on any atom is -0.370 e. The van der Waals surface area contributed by atoms with Crippen LogP contribution >= 0.6 is 0 Å². The summed E-state index contributed by atoms with van der Waals surface area (Å²) in [5.41, 5.74) is 0. The van der Waals surface area contributed by atoms with E-state index in [0.29, 0.717) is 0 Å². The molecule has 1 atom stereocenters. The third-order valence-electron chi connectivity index (χ3n) is 3.36. The summed E-state index contributed by atoms with van der Waals surface area (Å²) in [5.74, 6) is 1.75. The molecule has 0 aromatic carbocycles. The molecule has 0 aliphatic carbocycles. The van der Waals surface area contributed by atoms with E-state index in [1.165, 1.54) is 19.3 Å². The molecule has 2 fully saturated rings. The molecule has 1 aromatic heterocycles. The molecular formula is C11H18N4O. The fraction of sp³-hybridized carbons (Fsp3) is 0.818. The van der Waals surface area contributed by atoms with Gasteiger partial charge in [0, 0.05) is 19.7 Å². The summed E-state index contributed by atoms with van der Waals surface area (Å²) in [6.07, 6.45) is 6.18. The molecule has 1 aromatic rings. The van der Waals surface area contributed by atoms with Crippen molar-refractivity contribution < 1.29 is 4.74 Å². The molecular weight excluding hydrogens is 204 g/mol. The van der Waals surface area contributed by atoms with Crippen molar-refractivity contribution in [3.8, 4) is 0 Å². The molecule has 2 aliphatic heterocycles. The van der Waals surface area contributed by atoms with Crippen LogP contribution in [0.25, 0.3) is 0 Å². The Morgan fingerprint density at radius 2 is 2.06 bits per heavy atom. The number of H-pyrrole nitrogens is 1. The molecule has 0 unspecified atom stereocenters. The number of aromatic nitrogens is 3. The maximum Gasteiger partial charge on any atom is 0.244 e. The lowest BCUT2D eigenvalue weighted by Gasteiger charge is -2.24. The molecule has 3 heterocycles. The predicted molar refractivity (Wildman–Crippen MR) is 60.4 cm³/mol. The van der Waals surface area contributed by atoms with Gasteiger partial charge in [0.25, 0.3) is 0 Å². The average Bonchev–Trinajstić information content (AvgIpc) is 3.01. The fourth-order valence-electron chi connectivity index (χ4n) is 2.44. The molecule has 0 radical (unpaired) electrons. The smallest absolute Gasteiger partial charge is 0.244 e. The molecule has 5 heteroatoms. The monoisotopic (exact) mass is 222 g/mol. The first kappa shape index (κ1) is 10.1. The topological polar surface area (TPSA) is 54.0 Å². The third kappa shape index (κ3) is 1.91. The maximum absolute atomic E-state index is 5.59. The van der Waals surface area contributed by atoms with Crippen LogP contribution in [0.4, 0.5) is 5.95 Å². The number of rotatable bonds is 2. The van der Waals surface area contributed by atoms with Crippen LogP contribution in [0.5, 0.6) is 0 Å². The molecule has 1 N–H and O–H groups in total. The van der Waals surface area contributed by atoms with Gasteiger partial charge in [0.05, 0.1) is 0 Å². The zero-order valence-corrected chi connectivity index (χ0v) is 9.48. The van der Waals surface area contributed by atoms with Crippen LogP contribution in [0.1, 0.15) is 44.0 Å². The van der Waals surface area contributed by atoms with Gasteiger partial charge in [0.1, 0.15) is 6.10 Å². The van der Waals surface area contributed by atoms with E-state index >= 15 is 0 Å². The number of anilines is 1. The number of aromatic amines is 1. The van der Waals surface area contributed by atoms with Crippen molar-refractivity contribution in [3.63, 3.8) is 0 Å². The molecule has 2 saturated heterocycles. The van der Waals surface area contributed by atoms with E-state index in [4.69, 9.17) is 4.74 Å². The van der Waals surface area contributed by atoms with Crippen LogP contribution in [-0.2, 0) is 4.74 Å². The molecule has 0 amide bonds. The predicted octanol–water partition coefficient (Wildman–Crippen LogP) is 1.65. The Bertz CT molecular complexity index is 340. The highest BCUT2D eigenvalue weighted by Gasteiger charge is 2.23. The summed E-state index contributed by atoms with van der Waals surface area (Å²) >= 11 is 0. The number of nitrogens with zero attached hydrogens (tertiary/aromatic N) is 3. The normalized spacial score (nSPS) is 26.2. The van der Waals surface area contributed by atoms with Crippen LogP contribution in [0.15, 0.2) is 0 Å². The highest BCUT2D eigenvalue weighted by molar-refractivity contribution is 5.29. The second kappa shape index (κ2) is 4.41. The van der Waals surface area contributed by atoms with Crippen molar-refractivity contribution in [2.45, 2.75) is 38.2 Å². The van der Waals surface area contributed by atoms with Crippen molar-refractivity contribution in [2.24, 2.45) is 0 Å². The number of piperidine rings is 1. The highest BCUT2D eigenvalue weighted by atomic mass is 16.5. The van der Waals surface area contributed by atoms with Gasteiger partial charge in [0.15, 0.2) is 5.82 Å². The van der Waals surface area contributed by atoms with Crippen LogP contribution in [0.3, 0.4) is 0 Å². The van der Waals surface area contributed by atoms with E-state index in [-0.39, 0.29) is 6.10 Å². The van der Waals surface area contributed by atoms with E-state index in [1.54, 1.807) is 0 Å². The lowest BCUT2D eigenvalue weighted by Crippen LogP contribution is -2.30. The van der Waals surface area contributed by atoms with E-state index in [0.717, 1.165) is 44.3 Å². The Balaban J connectivity index is 1.71. The van der Waals surface area contributed by atoms with Gasteiger partial charge in [-0.25, -0.2) is 0 Å². The van der Waals surface area contributed by atoms with Crippen molar-refractivity contribution in [1.29, 1.82) is 0 Å². The largest absolute Gasteiger partial charge is 0.370 e. The Morgan fingerprint density at radius 1 is 1.19 bits per heavy atom. The van der Waals surface area contributed by atoms with Gasteiger partial charge in [0.2, 0.25) is 5.95 Å². The number of hydrogen-bond acceptors (Lipinski definition) is 4. The Morgan fingerprint density at radius 3 is 2.81 bits per heavy atom. The van der Waals surface area contributed by atoms with E-state index in [1.807, 2.05) is 0 Å². The summed E-state index contributed by atoms with van der Waals surface area (Å²) in [6, 6.07) is 0. The quantitative estimate of drug-likeness (QED) is 0.826.